The summed E-state index contributed by atoms with van der Waals surface area (Å²) in [6, 6.07) is 17.8. The molecule has 5 nitrogen and oxygen atoms in total. The fraction of sp³-hybridized carbons (Fsp3) is 0. The Bertz CT molecular complexity index is 939. The van der Waals surface area contributed by atoms with Crippen LogP contribution in [0.15, 0.2) is 84.5 Å². The molecular formula is C19H15N5. The van der Waals surface area contributed by atoms with Crippen molar-refractivity contribution in [2.24, 2.45) is 5.10 Å². The molecule has 1 N–H and O–H groups in total. The third-order valence-electron chi connectivity index (χ3n) is 3.66. The predicted molar refractivity (Wildman–Crippen MR) is 96.1 cm³/mol. The van der Waals surface area contributed by atoms with E-state index in [1.165, 1.54) is 0 Å². The lowest BCUT2D eigenvalue weighted by Crippen LogP contribution is -1.90. The number of benzene rings is 1. The molecule has 4 rings (SSSR count). The lowest BCUT2D eigenvalue weighted by atomic mass is 10.1. The Morgan fingerprint density at radius 1 is 0.958 bits per heavy atom. The topological polar surface area (TPSA) is 54.6 Å². The van der Waals surface area contributed by atoms with Crippen LogP contribution in [-0.2, 0) is 0 Å². The van der Waals surface area contributed by atoms with E-state index >= 15 is 0 Å². The summed E-state index contributed by atoms with van der Waals surface area (Å²) in [6.07, 6.45) is 9.27. The van der Waals surface area contributed by atoms with E-state index in [2.05, 4.69) is 20.5 Å². The molecule has 5 heteroatoms. The van der Waals surface area contributed by atoms with Gasteiger partial charge in [-0.15, -0.1) is 0 Å². The third kappa shape index (κ3) is 3.01. The number of aromatic nitrogens is 3. The number of hydrogen-bond donors (Lipinski definition) is 1. The van der Waals surface area contributed by atoms with Crippen molar-refractivity contribution in [3.63, 3.8) is 0 Å². The normalized spacial score (nSPS) is 11.2. The van der Waals surface area contributed by atoms with Crippen molar-refractivity contribution in [3.8, 4) is 11.3 Å². The summed E-state index contributed by atoms with van der Waals surface area (Å²) in [5.74, 6) is 0. The van der Waals surface area contributed by atoms with Crippen LogP contribution in [0.4, 0.5) is 5.69 Å². The molecule has 0 saturated carbocycles. The molecule has 3 heterocycles. The first kappa shape index (κ1) is 14.1. The van der Waals surface area contributed by atoms with Crippen molar-refractivity contribution in [1.82, 2.24) is 14.4 Å². The van der Waals surface area contributed by atoms with Gasteiger partial charge in [0.1, 0.15) is 5.65 Å². The quantitative estimate of drug-likeness (QED) is 0.460. The SMILES string of the molecule is C(=N\Nc1ccc(-c2cn3ccccc3n2)cc1)/c1ccncc1. The molecule has 0 aliphatic rings. The van der Waals surface area contributed by atoms with E-state index < -0.39 is 0 Å². The second-order valence-electron chi connectivity index (χ2n) is 5.32. The highest BCUT2D eigenvalue weighted by atomic mass is 15.3. The number of fused-ring (bicyclic) bond motifs is 1. The van der Waals surface area contributed by atoms with Gasteiger partial charge in [-0.3, -0.25) is 10.4 Å². The van der Waals surface area contributed by atoms with E-state index in [0.717, 1.165) is 28.2 Å². The van der Waals surface area contributed by atoms with E-state index in [-0.39, 0.29) is 0 Å². The number of nitrogens with one attached hydrogen (secondary N) is 1. The maximum absolute atomic E-state index is 4.62. The Kier molecular flexibility index (Phi) is 3.73. The molecular weight excluding hydrogens is 298 g/mol. The molecule has 0 spiro atoms. The van der Waals surface area contributed by atoms with Crippen LogP contribution in [0.3, 0.4) is 0 Å². The number of imidazole rings is 1. The molecule has 24 heavy (non-hydrogen) atoms. The van der Waals surface area contributed by atoms with Crippen molar-refractivity contribution in [2.75, 3.05) is 5.43 Å². The van der Waals surface area contributed by atoms with E-state index in [1.807, 2.05) is 71.4 Å². The van der Waals surface area contributed by atoms with Crippen LogP contribution in [0.25, 0.3) is 16.9 Å². The summed E-state index contributed by atoms with van der Waals surface area (Å²) >= 11 is 0. The molecule has 0 fully saturated rings. The Morgan fingerprint density at radius 2 is 1.79 bits per heavy atom. The summed E-state index contributed by atoms with van der Waals surface area (Å²) in [7, 11) is 0. The van der Waals surface area contributed by atoms with E-state index in [9.17, 15) is 0 Å². The van der Waals surface area contributed by atoms with Gasteiger partial charge in [-0.05, 0) is 42.0 Å². The van der Waals surface area contributed by atoms with Crippen LogP contribution in [0.2, 0.25) is 0 Å². The van der Waals surface area contributed by atoms with Gasteiger partial charge >= 0.3 is 0 Å². The minimum Gasteiger partial charge on any atom is -0.306 e. The Balaban J connectivity index is 1.49. The molecule has 0 bridgehead atoms. The fourth-order valence-corrected chi connectivity index (χ4v) is 2.42. The molecule has 0 atom stereocenters. The van der Waals surface area contributed by atoms with Gasteiger partial charge in [-0.1, -0.05) is 18.2 Å². The van der Waals surface area contributed by atoms with Gasteiger partial charge < -0.3 is 4.40 Å². The molecule has 0 amide bonds. The lowest BCUT2D eigenvalue weighted by Gasteiger charge is -2.01. The Labute approximate surface area is 139 Å². The zero-order chi connectivity index (χ0) is 16.2. The van der Waals surface area contributed by atoms with Gasteiger partial charge in [0.2, 0.25) is 0 Å². The van der Waals surface area contributed by atoms with Crippen LogP contribution in [0.5, 0.6) is 0 Å². The van der Waals surface area contributed by atoms with Crippen LogP contribution < -0.4 is 5.43 Å². The van der Waals surface area contributed by atoms with Gasteiger partial charge in [0.15, 0.2) is 0 Å². The zero-order valence-corrected chi connectivity index (χ0v) is 12.9. The van der Waals surface area contributed by atoms with Gasteiger partial charge in [0.05, 0.1) is 17.6 Å². The van der Waals surface area contributed by atoms with E-state index in [0.29, 0.717) is 0 Å². The number of hydrogen-bond acceptors (Lipinski definition) is 4. The molecule has 0 radical (unpaired) electrons. The smallest absolute Gasteiger partial charge is 0.137 e. The van der Waals surface area contributed by atoms with Crippen molar-refractivity contribution in [1.29, 1.82) is 0 Å². The van der Waals surface area contributed by atoms with Crippen molar-refractivity contribution >= 4 is 17.5 Å². The van der Waals surface area contributed by atoms with Gasteiger partial charge in [-0.25, -0.2) is 4.98 Å². The minimum absolute atomic E-state index is 0.924. The zero-order valence-electron chi connectivity index (χ0n) is 12.9. The van der Waals surface area contributed by atoms with Gasteiger partial charge in [0, 0.05) is 30.4 Å². The van der Waals surface area contributed by atoms with Gasteiger partial charge in [0.25, 0.3) is 0 Å². The average molecular weight is 313 g/mol. The highest BCUT2D eigenvalue weighted by Crippen LogP contribution is 2.21. The van der Waals surface area contributed by atoms with Crippen molar-refractivity contribution in [2.45, 2.75) is 0 Å². The summed E-state index contributed by atoms with van der Waals surface area (Å²) in [5.41, 5.74) is 7.91. The highest BCUT2D eigenvalue weighted by Gasteiger charge is 2.03. The maximum Gasteiger partial charge on any atom is 0.137 e. The molecule has 0 aliphatic heterocycles. The Morgan fingerprint density at radius 3 is 2.58 bits per heavy atom. The van der Waals surface area contributed by atoms with E-state index in [4.69, 9.17) is 0 Å². The van der Waals surface area contributed by atoms with Crippen LogP contribution in [0.1, 0.15) is 5.56 Å². The summed E-state index contributed by atoms with van der Waals surface area (Å²) in [5, 5.41) is 4.23. The van der Waals surface area contributed by atoms with Crippen LogP contribution in [-0.4, -0.2) is 20.6 Å². The number of anilines is 1. The van der Waals surface area contributed by atoms with E-state index in [1.54, 1.807) is 18.6 Å². The van der Waals surface area contributed by atoms with Gasteiger partial charge in [-0.2, -0.15) is 5.10 Å². The average Bonchev–Trinajstić information content (AvgIpc) is 3.07. The van der Waals surface area contributed by atoms with Crippen molar-refractivity contribution in [3.05, 3.63) is 84.9 Å². The van der Waals surface area contributed by atoms with Crippen LogP contribution in [0, 0.1) is 0 Å². The minimum atomic E-state index is 0.924. The number of hydrazone groups is 1. The second-order valence-corrected chi connectivity index (χ2v) is 5.32. The first-order chi connectivity index (χ1) is 11.9. The Hall–Kier alpha value is -3.47. The molecule has 0 unspecified atom stereocenters. The first-order valence-electron chi connectivity index (χ1n) is 7.62. The molecule has 0 aliphatic carbocycles. The maximum atomic E-state index is 4.62. The summed E-state index contributed by atoms with van der Waals surface area (Å²) in [6.45, 7) is 0. The summed E-state index contributed by atoms with van der Waals surface area (Å²) in [4.78, 5) is 8.60. The number of nitrogens with zero attached hydrogens (tertiary/aromatic N) is 4. The fourth-order valence-electron chi connectivity index (χ4n) is 2.42. The first-order valence-corrected chi connectivity index (χ1v) is 7.62. The monoisotopic (exact) mass is 313 g/mol. The highest BCUT2D eigenvalue weighted by molar-refractivity contribution is 5.79. The predicted octanol–water partition coefficient (Wildman–Crippen LogP) is 3.84. The summed E-state index contributed by atoms with van der Waals surface area (Å²) < 4.78 is 2.01. The molecule has 3 aromatic heterocycles. The molecule has 4 aromatic rings. The third-order valence-corrected chi connectivity index (χ3v) is 3.66. The van der Waals surface area contributed by atoms with Crippen molar-refractivity contribution < 1.29 is 0 Å². The molecule has 1 aromatic carbocycles. The molecule has 0 saturated heterocycles. The lowest BCUT2D eigenvalue weighted by molar-refractivity contribution is 1.19. The standard InChI is InChI=1S/C19H15N5/c1-2-12-24-14-18(22-19(24)3-1)16-4-6-17(7-5-16)23-21-13-15-8-10-20-11-9-15/h1-14,23H/b21-13+. The number of rotatable bonds is 4. The van der Waals surface area contributed by atoms with Crippen LogP contribution >= 0.6 is 0 Å². The number of pyridine rings is 2. The largest absolute Gasteiger partial charge is 0.306 e. The second kappa shape index (κ2) is 6.34. The molecule has 116 valence electrons.